The van der Waals surface area contributed by atoms with E-state index in [0.717, 1.165) is 9.90 Å². The Morgan fingerprint density at radius 3 is 2.61 bits per heavy atom. The lowest BCUT2D eigenvalue weighted by Gasteiger charge is -2.02. The van der Waals surface area contributed by atoms with E-state index < -0.39 is 15.7 Å². The zero-order valence-corrected chi connectivity index (χ0v) is 12.3. The number of sulfone groups is 1. The van der Waals surface area contributed by atoms with Crippen molar-refractivity contribution in [3.8, 4) is 0 Å². The van der Waals surface area contributed by atoms with Crippen molar-refractivity contribution in [1.29, 1.82) is 0 Å². The Balaban J connectivity index is 2.41. The van der Waals surface area contributed by atoms with Crippen LogP contribution in [-0.2, 0) is 14.6 Å². The Hall–Kier alpha value is -0.800. The summed E-state index contributed by atoms with van der Waals surface area (Å²) in [5.41, 5.74) is 11.3. The van der Waals surface area contributed by atoms with Crippen molar-refractivity contribution in [3.05, 3.63) is 5.69 Å². The summed E-state index contributed by atoms with van der Waals surface area (Å²) >= 11 is 2.75. The first-order valence-corrected chi connectivity index (χ1v) is 8.77. The van der Waals surface area contributed by atoms with Crippen LogP contribution in [0.5, 0.6) is 0 Å². The second-order valence-corrected chi connectivity index (χ2v) is 8.34. The number of thioether (sulfide) groups is 1. The Morgan fingerprint density at radius 1 is 1.44 bits per heavy atom. The highest BCUT2D eigenvalue weighted by atomic mass is 32.2. The van der Waals surface area contributed by atoms with Crippen LogP contribution < -0.4 is 11.5 Å². The van der Waals surface area contributed by atoms with Gasteiger partial charge in [-0.25, -0.2) is 13.4 Å². The molecule has 6 nitrogen and oxygen atoms in total. The lowest BCUT2D eigenvalue weighted by molar-refractivity contribution is -0.117. The second kappa shape index (κ2) is 6.39. The zero-order valence-electron chi connectivity index (χ0n) is 9.88. The fourth-order valence-corrected chi connectivity index (χ4v) is 4.97. The number of nitrogen functional groups attached to an aromatic ring is 1. The van der Waals surface area contributed by atoms with Crippen LogP contribution in [0.3, 0.4) is 0 Å². The smallest absolute Gasteiger partial charge is 0.218 e. The van der Waals surface area contributed by atoms with Gasteiger partial charge in [0.25, 0.3) is 0 Å². The van der Waals surface area contributed by atoms with Crippen molar-refractivity contribution >= 4 is 44.0 Å². The minimum absolute atomic E-state index is 0.0161. The molecule has 4 N–H and O–H groups in total. The standard InChI is InChI=1S/C9H15N3O3S3/c1-6-8(17-9(11)12-6)16-3-5-18(14,15)4-2-7(10)13/h2-5H2,1H3,(H2,10,13)(H2,11,12). The number of nitrogens with zero attached hydrogens (tertiary/aromatic N) is 1. The van der Waals surface area contributed by atoms with Gasteiger partial charge >= 0.3 is 0 Å². The van der Waals surface area contributed by atoms with Crippen molar-refractivity contribution < 1.29 is 13.2 Å². The fraction of sp³-hybridized carbons (Fsp3) is 0.556. The van der Waals surface area contributed by atoms with E-state index in [9.17, 15) is 13.2 Å². The number of nitrogens with two attached hydrogens (primary N) is 2. The number of carbonyl (C=O) groups excluding carboxylic acids is 1. The van der Waals surface area contributed by atoms with Crippen LogP contribution in [0, 0.1) is 6.92 Å². The van der Waals surface area contributed by atoms with Gasteiger partial charge in [0.1, 0.15) is 0 Å². The van der Waals surface area contributed by atoms with Gasteiger partial charge < -0.3 is 11.5 Å². The van der Waals surface area contributed by atoms with E-state index in [1.165, 1.54) is 23.1 Å². The van der Waals surface area contributed by atoms with Crippen molar-refractivity contribution in [3.63, 3.8) is 0 Å². The molecule has 0 radical (unpaired) electrons. The molecule has 18 heavy (non-hydrogen) atoms. The lowest BCUT2D eigenvalue weighted by Crippen LogP contribution is -2.19. The molecule has 1 heterocycles. The molecular formula is C9H15N3O3S3. The van der Waals surface area contributed by atoms with Crippen LogP contribution in [0.15, 0.2) is 4.21 Å². The first kappa shape index (κ1) is 15.3. The third-order valence-electron chi connectivity index (χ3n) is 2.06. The van der Waals surface area contributed by atoms with Crippen LogP contribution in [0.2, 0.25) is 0 Å². The number of anilines is 1. The molecule has 1 aromatic rings. The Morgan fingerprint density at radius 2 is 2.11 bits per heavy atom. The monoisotopic (exact) mass is 309 g/mol. The van der Waals surface area contributed by atoms with E-state index in [1.807, 2.05) is 6.92 Å². The number of aromatic nitrogens is 1. The molecule has 102 valence electrons. The van der Waals surface area contributed by atoms with Gasteiger partial charge in [-0.05, 0) is 6.92 Å². The molecule has 0 aromatic carbocycles. The van der Waals surface area contributed by atoms with Crippen LogP contribution in [-0.4, -0.2) is 36.6 Å². The number of aryl methyl sites for hydroxylation is 1. The zero-order chi connectivity index (χ0) is 13.8. The topological polar surface area (TPSA) is 116 Å². The van der Waals surface area contributed by atoms with Gasteiger partial charge in [-0.2, -0.15) is 0 Å². The number of carbonyl (C=O) groups is 1. The summed E-state index contributed by atoms with van der Waals surface area (Å²) in [5, 5.41) is 0.478. The number of hydrogen-bond acceptors (Lipinski definition) is 7. The molecule has 0 fully saturated rings. The van der Waals surface area contributed by atoms with Gasteiger partial charge in [0.05, 0.1) is 21.4 Å². The number of rotatable bonds is 7. The summed E-state index contributed by atoms with van der Waals surface area (Å²) in [7, 11) is -3.22. The summed E-state index contributed by atoms with van der Waals surface area (Å²) in [4.78, 5) is 14.6. The first-order chi connectivity index (χ1) is 8.30. The molecule has 0 aliphatic rings. The van der Waals surface area contributed by atoms with Crippen molar-refractivity contribution in [2.75, 3.05) is 23.0 Å². The molecule has 1 rings (SSSR count). The van der Waals surface area contributed by atoms with Crippen LogP contribution in [0.25, 0.3) is 0 Å². The predicted molar refractivity (Wildman–Crippen MR) is 74.5 cm³/mol. The van der Waals surface area contributed by atoms with Crippen LogP contribution in [0.4, 0.5) is 5.13 Å². The van der Waals surface area contributed by atoms with Gasteiger partial charge in [0, 0.05) is 12.2 Å². The Bertz CT molecular complexity index is 524. The van der Waals surface area contributed by atoms with E-state index in [4.69, 9.17) is 11.5 Å². The first-order valence-electron chi connectivity index (χ1n) is 5.14. The van der Waals surface area contributed by atoms with Crippen molar-refractivity contribution in [2.24, 2.45) is 5.73 Å². The number of hydrogen-bond donors (Lipinski definition) is 2. The SMILES string of the molecule is Cc1nc(N)sc1SCCS(=O)(=O)CCC(N)=O. The highest BCUT2D eigenvalue weighted by Gasteiger charge is 2.13. The maximum absolute atomic E-state index is 11.6. The second-order valence-electron chi connectivity index (χ2n) is 3.64. The van der Waals surface area contributed by atoms with Gasteiger partial charge in [-0.15, -0.1) is 11.8 Å². The quantitative estimate of drug-likeness (QED) is 0.705. The van der Waals surface area contributed by atoms with Gasteiger partial charge in [-0.3, -0.25) is 4.79 Å². The van der Waals surface area contributed by atoms with E-state index in [0.29, 0.717) is 10.9 Å². The maximum atomic E-state index is 11.6. The van der Waals surface area contributed by atoms with E-state index >= 15 is 0 Å². The highest BCUT2D eigenvalue weighted by molar-refractivity contribution is 8.02. The molecule has 9 heteroatoms. The molecule has 0 aliphatic carbocycles. The van der Waals surface area contributed by atoms with Gasteiger partial charge in [0.15, 0.2) is 15.0 Å². The normalized spacial score (nSPS) is 11.6. The number of thiazole rings is 1. The molecule has 0 saturated carbocycles. The minimum Gasteiger partial charge on any atom is -0.375 e. The minimum atomic E-state index is -3.22. The van der Waals surface area contributed by atoms with Crippen molar-refractivity contribution in [2.45, 2.75) is 17.6 Å². The summed E-state index contributed by atoms with van der Waals surface area (Å²) in [6.45, 7) is 1.83. The predicted octanol–water partition coefficient (Wildman–Crippen LogP) is 0.416. The fourth-order valence-electron chi connectivity index (χ4n) is 1.16. The van der Waals surface area contributed by atoms with Crippen LogP contribution in [0.1, 0.15) is 12.1 Å². The lowest BCUT2D eigenvalue weighted by atomic mass is 10.5. The molecule has 0 saturated heterocycles. The molecule has 0 aliphatic heterocycles. The maximum Gasteiger partial charge on any atom is 0.218 e. The number of amides is 1. The van der Waals surface area contributed by atoms with Crippen molar-refractivity contribution in [1.82, 2.24) is 4.98 Å². The Labute approximate surface area is 114 Å². The third-order valence-corrected chi connectivity index (χ3v) is 6.32. The Kier molecular flexibility index (Phi) is 5.42. The largest absolute Gasteiger partial charge is 0.375 e. The van der Waals surface area contributed by atoms with Gasteiger partial charge in [0.2, 0.25) is 5.91 Å². The molecule has 0 unspecified atom stereocenters. The van der Waals surface area contributed by atoms with Crippen LogP contribution >= 0.6 is 23.1 Å². The third kappa shape index (κ3) is 5.23. The molecule has 0 spiro atoms. The number of primary amides is 1. The molecule has 0 bridgehead atoms. The van der Waals surface area contributed by atoms with E-state index in [1.54, 1.807) is 0 Å². The summed E-state index contributed by atoms with van der Waals surface area (Å²) in [6.07, 6.45) is -0.125. The molecule has 0 atom stereocenters. The molecule has 1 amide bonds. The average molecular weight is 309 g/mol. The summed E-state index contributed by atoms with van der Waals surface area (Å²) in [6, 6.07) is 0. The van der Waals surface area contributed by atoms with E-state index in [2.05, 4.69) is 4.98 Å². The average Bonchev–Trinajstić information content (AvgIpc) is 2.55. The molecule has 1 aromatic heterocycles. The summed E-state index contributed by atoms with van der Waals surface area (Å²) < 4.78 is 24.0. The summed E-state index contributed by atoms with van der Waals surface area (Å²) in [5.74, 6) is -0.351. The molecular weight excluding hydrogens is 294 g/mol. The van der Waals surface area contributed by atoms with E-state index in [-0.39, 0.29) is 17.9 Å². The highest BCUT2D eigenvalue weighted by Crippen LogP contribution is 2.30. The van der Waals surface area contributed by atoms with Gasteiger partial charge in [-0.1, -0.05) is 11.3 Å².